The van der Waals surface area contributed by atoms with E-state index in [0.29, 0.717) is 23.6 Å². The van der Waals surface area contributed by atoms with E-state index in [2.05, 4.69) is 20.6 Å². The van der Waals surface area contributed by atoms with Crippen molar-refractivity contribution in [1.82, 2.24) is 15.3 Å². The fourth-order valence-electron chi connectivity index (χ4n) is 1.92. The van der Waals surface area contributed by atoms with E-state index in [1.54, 1.807) is 0 Å². The van der Waals surface area contributed by atoms with Gasteiger partial charge in [0.1, 0.15) is 17.5 Å². The first-order valence-corrected chi connectivity index (χ1v) is 6.80. The molecule has 0 spiro atoms. The number of carbonyl (C=O) groups is 1. The molecule has 6 nitrogen and oxygen atoms in total. The molecule has 4 N–H and O–H groups in total. The lowest BCUT2D eigenvalue weighted by molar-refractivity contribution is -0.119. The van der Waals surface area contributed by atoms with Crippen LogP contribution in [0.4, 0.5) is 11.6 Å². The molecule has 0 aliphatic heterocycles. The molecule has 0 unspecified atom stereocenters. The minimum absolute atomic E-state index is 0.00653. The average molecular weight is 261 g/mol. The third kappa shape index (κ3) is 2.94. The summed E-state index contributed by atoms with van der Waals surface area (Å²) in [6.45, 7) is 2.10. The maximum atomic E-state index is 11.6. The zero-order valence-electron chi connectivity index (χ0n) is 11.1. The molecule has 0 saturated heterocycles. The van der Waals surface area contributed by atoms with Gasteiger partial charge >= 0.3 is 0 Å². The maximum Gasteiger partial charge on any atom is 0.239 e. The van der Waals surface area contributed by atoms with E-state index >= 15 is 0 Å². The molecule has 1 aromatic rings. The predicted octanol–water partition coefficient (Wildman–Crippen LogP) is 0.935. The first kappa shape index (κ1) is 12.2. The molecule has 6 heteroatoms. The normalized spacial score (nSPS) is 18.2. The van der Waals surface area contributed by atoms with Crippen LogP contribution in [-0.2, 0) is 4.79 Å². The maximum absolute atomic E-state index is 11.6. The summed E-state index contributed by atoms with van der Waals surface area (Å²) in [5.41, 5.74) is 6.70. The molecule has 3 rings (SSSR count). The van der Waals surface area contributed by atoms with Crippen LogP contribution in [0, 0.1) is 6.92 Å². The molecule has 2 aliphatic carbocycles. The van der Waals surface area contributed by atoms with Gasteiger partial charge in [0.15, 0.2) is 0 Å². The van der Waals surface area contributed by atoms with Gasteiger partial charge in [0.2, 0.25) is 5.91 Å². The summed E-state index contributed by atoms with van der Waals surface area (Å²) in [6, 6.07) is 0.382. The lowest BCUT2D eigenvalue weighted by Crippen LogP contribution is -2.31. The molecular weight excluding hydrogens is 242 g/mol. The molecule has 1 amide bonds. The van der Waals surface area contributed by atoms with Crippen molar-refractivity contribution < 1.29 is 4.79 Å². The summed E-state index contributed by atoms with van der Waals surface area (Å²) in [5.74, 6) is 2.44. The van der Waals surface area contributed by atoms with Crippen LogP contribution in [0.2, 0.25) is 0 Å². The van der Waals surface area contributed by atoms with E-state index in [-0.39, 0.29) is 12.5 Å². The summed E-state index contributed by atoms with van der Waals surface area (Å²) in [5, 5.41) is 6.00. The largest absolute Gasteiger partial charge is 0.383 e. The van der Waals surface area contributed by atoms with Gasteiger partial charge in [0.25, 0.3) is 0 Å². The van der Waals surface area contributed by atoms with Crippen molar-refractivity contribution in [3.05, 3.63) is 11.4 Å². The minimum Gasteiger partial charge on any atom is -0.383 e. The first-order valence-electron chi connectivity index (χ1n) is 6.80. The van der Waals surface area contributed by atoms with Crippen molar-refractivity contribution >= 4 is 17.5 Å². The number of amides is 1. The van der Waals surface area contributed by atoms with Gasteiger partial charge in [0, 0.05) is 17.5 Å². The molecule has 2 fully saturated rings. The van der Waals surface area contributed by atoms with Gasteiger partial charge in [-0.05, 0) is 32.6 Å². The van der Waals surface area contributed by atoms with E-state index in [1.807, 2.05) is 6.92 Å². The van der Waals surface area contributed by atoms with Crippen molar-refractivity contribution in [3.63, 3.8) is 0 Å². The molecule has 102 valence electrons. The fourth-order valence-corrected chi connectivity index (χ4v) is 1.92. The minimum atomic E-state index is 0.00653. The second kappa shape index (κ2) is 4.68. The van der Waals surface area contributed by atoms with Crippen LogP contribution in [0.15, 0.2) is 0 Å². The molecule has 0 aromatic carbocycles. The van der Waals surface area contributed by atoms with E-state index in [1.165, 1.54) is 0 Å². The van der Waals surface area contributed by atoms with Crippen molar-refractivity contribution in [2.75, 3.05) is 17.6 Å². The van der Waals surface area contributed by atoms with Crippen LogP contribution in [0.5, 0.6) is 0 Å². The molecule has 19 heavy (non-hydrogen) atoms. The molecule has 1 heterocycles. The molecular formula is C13H19N5O. The Kier molecular flexibility index (Phi) is 3.00. The summed E-state index contributed by atoms with van der Waals surface area (Å²) < 4.78 is 0. The van der Waals surface area contributed by atoms with Gasteiger partial charge in [0.05, 0.1) is 6.54 Å². The van der Waals surface area contributed by atoms with E-state index in [4.69, 9.17) is 5.73 Å². The van der Waals surface area contributed by atoms with Gasteiger partial charge in [-0.15, -0.1) is 0 Å². The monoisotopic (exact) mass is 261 g/mol. The highest BCUT2D eigenvalue weighted by Crippen LogP contribution is 2.39. The number of carbonyl (C=O) groups excluding carboxylic acids is 1. The van der Waals surface area contributed by atoms with Crippen molar-refractivity contribution in [1.29, 1.82) is 0 Å². The van der Waals surface area contributed by atoms with Gasteiger partial charge in [-0.3, -0.25) is 4.79 Å². The number of hydrogen-bond donors (Lipinski definition) is 3. The van der Waals surface area contributed by atoms with Crippen LogP contribution in [0.25, 0.3) is 0 Å². The number of nitrogens with zero attached hydrogens (tertiary/aromatic N) is 2. The quantitative estimate of drug-likeness (QED) is 0.733. The van der Waals surface area contributed by atoms with Crippen LogP contribution >= 0.6 is 0 Å². The van der Waals surface area contributed by atoms with Crippen LogP contribution in [0.1, 0.15) is 43.0 Å². The second-order valence-electron chi connectivity index (χ2n) is 5.41. The molecule has 1 aromatic heterocycles. The Balaban J connectivity index is 1.66. The standard InChI is InChI=1S/C13H19N5O/c1-7-11(14)17-13(8-2-3-8)18-12(7)15-6-10(19)16-9-4-5-9/h8-9H,2-6H2,1H3,(H,16,19)(H3,14,15,17,18). The number of hydrogen-bond acceptors (Lipinski definition) is 5. The number of aromatic nitrogens is 2. The number of anilines is 2. The van der Waals surface area contributed by atoms with E-state index in [0.717, 1.165) is 37.1 Å². The third-order valence-electron chi connectivity index (χ3n) is 3.50. The SMILES string of the molecule is Cc1c(N)nc(C2CC2)nc1NCC(=O)NC1CC1. The van der Waals surface area contributed by atoms with Crippen molar-refractivity contribution in [2.45, 2.75) is 44.6 Å². The Morgan fingerprint density at radius 2 is 2.05 bits per heavy atom. The topological polar surface area (TPSA) is 92.9 Å². The Morgan fingerprint density at radius 1 is 1.32 bits per heavy atom. The van der Waals surface area contributed by atoms with Crippen LogP contribution in [-0.4, -0.2) is 28.5 Å². The second-order valence-corrected chi connectivity index (χ2v) is 5.41. The Morgan fingerprint density at radius 3 is 2.68 bits per heavy atom. The Hall–Kier alpha value is -1.85. The fraction of sp³-hybridized carbons (Fsp3) is 0.615. The lowest BCUT2D eigenvalue weighted by atomic mass is 10.3. The highest BCUT2D eigenvalue weighted by molar-refractivity contribution is 5.81. The summed E-state index contributed by atoms with van der Waals surface area (Å²) in [6.07, 6.45) is 4.45. The van der Waals surface area contributed by atoms with E-state index in [9.17, 15) is 4.79 Å². The van der Waals surface area contributed by atoms with Crippen molar-refractivity contribution in [3.8, 4) is 0 Å². The van der Waals surface area contributed by atoms with Gasteiger partial charge < -0.3 is 16.4 Å². The van der Waals surface area contributed by atoms with Gasteiger partial charge in [-0.1, -0.05) is 0 Å². The highest BCUT2D eigenvalue weighted by atomic mass is 16.2. The number of nitrogens with two attached hydrogens (primary N) is 1. The molecule has 0 radical (unpaired) electrons. The summed E-state index contributed by atoms with van der Waals surface area (Å²) in [7, 11) is 0. The van der Waals surface area contributed by atoms with E-state index < -0.39 is 0 Å². The molecule has 2 saturated carbocycles. The number of nitrogen functional groups attached to an aromatic ring is 1. The third-order valence-corrected chi connectivity index (χ3v) is 3.50. The smallest absolute Gasteiger partial charge is 0.239 e. The number of nitrogens with one attached hydrogen (secondary N) is 2. The summed E-state index contributed by atoms with van der Waals surface area (Å²) >= 11 is 0. The Labute approximate surface area is 112 Å². The zero-order chi connectivity index (χ0) is 13.4. The molecule has 2 aliphatic rings. The lowest BCUT2D eigenvalue weighted by Gasteiger charge is -2.11. The molecule has 0 atom stereocenters. The van der Waals surface area contributed by atoms with Crippen LogP contribution < -0.4 is 16.4 Å². The Bertz CT molecular complexity index is 508. The highest BCUT2D eigenvalue weighted by Gasteiger charge is 2.28. The van der Waals surface area contributed by atoms with Gasteiger partial charge in [-0.25, -0.2) is 9.97 Å². The van der Waals surface area contributed by atoms with Gasteiger partial charge in [-0.2, -0.15) is 0 Å². The first-order chi connectivity index (χ1) is 9.13. The zero-order valence-corrected chi connectivity index (χ0v) is 11.1. The predicted molar refractivity (Wildman–Crippen MR) is 72.8 cm³/mol. The summed E-state index contributed by atoms with van der Waals surface area (Å²) in [4.78, 5) is 20.4. The van der Waals surface area contributed by atoms with Crippen LogP contribution in [0.3, 0.4) is 0 Å². The average Bonchev–Trinajstić information content (AvgIpc) is 3.23. The van der Waals surface area contributed by atoms with Crippen molar-refractivity contribution in [2.24, 2.45) is 0 Å². The number of rotatable bonds is 5. The molecule has 0 bridgehead atoms.